The Morgan fingerprint density at radius 1 is 1.27 bits per heavy atom. The molecule has 1 rings (SSSR count). The van der Waals surface area contributed by atoms with Crippen molar-refractivity contribution in [3.8, 4) is 0 Å². The second-order valence-electron chi connectivity index (χ2n) is 5.89. The number of unbranched alkanes of at least 4 members (excludes halogenated alkanes) is 1. The molecule has 0 aromatic carbocycles. The average molecular weight is 211 g/mol. The van der Waals surface area contributed by atoms with Gasteiger partial charge in [-0.3, -0.25) is 0 Å². The van der Waals surface area contributed by atoms with Crippen LogP contribution >= 0.6 is 0 Å². The monoisotopic (exact) mass is 211 g/mol. The molecule has 90 valence electrons. The minimum Gasteiger partial charge on any atom is -0.330 e. The van der Waals surface area contributed by atoms with E-state index in [1.165, 1.54) is 44.9 Å². The first-order chi connectivity index (χ1) is 7.13. The molecule has 0 spiro atoms. The molecule has 0 aromatic heterocycles. The fourth-order valence-electron chi connectivity index (χ4n) is 3.03. The first-order valence-corrected chi connectivity index (χ1v) is 6.83. The molecule has 1 nitrogen and oxygen atoms in total. The average Bonchev–Trinajstić information content (AvgIpc) is 2.27. The molecule has 15 heavy (non-hydrogen) atoms. The molecule has 1 aliphatic rings. The van der Waals surface area contributed by atoms with Gasteiger partial charge in [0.05, 0.1) is 0 Å². The zero-order chi connectivity index (χ0) is 11.3. The molecule has 0 atom stereocenters. The Kier molecular flexibility index (Phi) is 5.11. The maximum atomic E-state index is 6.00. The summed E-state index contributed by atoms with van der Waals surface area (Å²) < 4.78 is 0. The van der Waals surface area contributed by atoms with Crippen molar-refractivity contribution >= 4 is 0 Å². The van der Waals surface area contributed by atoms with Crippen molar-refractivity contribution < 1.29 is 0 Å². The Hall–Kier alpha value is -0.0400. The van der Waals surface area contributed by atoms with Crippen molar-refractivity contribution in [2.45, 2.75) is 65.7 Å². The van der Waals surface area contributed by atoms with E-state index in [2.05, 4.69) is 20.8 Å². The summed E-state index contributed by atoms with van der Waals surface area (Å²) in [5, 5.41) is 0. The lowest BCUT2D eigenvalue weighted by Gasteiger charge is -2.41. The van der Waals surface area contributed by atoms with Gasteiger partial charge >= 0.3 is 0 Å². The van der Waals surface area contributed by atoms with Gasteiger partial charge in [0.1, 0.15) is 0 Å². The normalized spacial score (nSPS) is 32.2. The Labute approximate surface area is 95.8 Å². The topological polar surface area (TPSA) is 26.0 Å². The van der Waals surface area contributed by atoms with Gasteiger partial charge in [0.2, 0.25) is 0 Å². The Morgan fingerprint density at radius 3 is 2.27 bits per heavy atom. The van der Waals surface area contributed by atoms with Crippen molar-refractivity contribution in [2.24, 2.45) is 23.0 Å². The van der Waals surface area contributed by atoms with Crippen LogP contribution in [0.1, 0.15) is 65.7 Å². The van der Waals surface area contributed by atoms with Crippen molar-refractivity contribution in [1.29, 1.82) is 0 Å². The second-order valence-corrected chi connectivity index (χ2v) is 5.89. The molecule has 1 saturated carbocycles. The minimum absolute atomic E-state index is 0.515. The van der Waals surface area contributed by atoms with Crippen LogP contribution in [0.2, 0.25) is 0 Å². The van der Waals surface area contributed by atoms with Crippen LogP contribution in [0.3, 0.4) is 0 Å². The molecular weight excluding hydrogens is 182 g/mol. The zero-order valence-corrected chi connectivity index (χ0v) is 10.9. The quantitative estimate of drug-likeness (QED) is 0.731. The molecule has 0 heterocycles. The van der Waals surface area contributed by atoms with Crippen molar-refractivity contribution in [3.63, 3.8) is 0 Å². The van der Waals surface area contributed by atoms with Gasteiger partial charge in [0.25, 0.3) is 0 Å². The van der Waals surface area contributed by atoms with E-state index >= 15 is 0 Å². The van der Waals surface area contributed by atoms with E-state index in [4.69, 9.17) is 5.73 Å². The van der Waals surface area contributed by atoms with E-state index in [0.29, 0.717) is 5.41 Å². The van der Waals surface area contributed by atoms with Gasteiger partial charge in [0.15, 0.2) is 0 Å². The summed E-state index contributed by atoms with van der Waals surface area (Å²) in [5.74, 6) is 1.83. The van der Waals surface area contributed by atoms with Crippen molar-refractivity contribution in [2.75, 3.05) is 6.54 Å². The van der Waals surface area contributed by atoms with Gasteiger partial charge in [0, 0.05) is 0 Å². The highest BCUT2D eigenvalue weighted by Crippen LogP contribution is 2.43. The van der Waals surface area contributed by atoms with Gasteiger partial charge in [-0.1, -0.05) is 33.6 Å². The molecule has 1 heteroatoms. The number of hydrogen-bond donors (Lipinski definition) is 1. The van der Waals surface area contributed by atoms with Gasteiger partial charge in [-0.15, -0.1) is 0 Å². The lowest BCUT2D eigenvalue weighted by Crippen LogP contribution is -2.35. The second kappa shape index (κ2) is 5.89. The lowest BCUT2D eigenvalue weighted by molar-refractivity contribution is 0.120. The fraction of sp³-hybridized carbons (Fsp3) is 1.00. The first-order valence-electron chi connectivity index (χ1n) is 6.83. The summed E-state index contributed by atoms with van der Waals surface area (Å²) in [7, 11) is 0. The van der Waals surface area contributed by atoms with E-state index in [1.807, 2.05) is 0 Å². The van der Waals surface area contributed by atoms with Crippen LogP contribution in [0, 0.1) is 17.3 Å². The molecule has 0 bridgehead atoms. The summed E-state index contributed by atoms with van der Waals surface area (Å²) in [6.45, 7) is 7.93. The molecule has 0 saturated heterocycles. The number of nitrogens with two attached hydrogens (primary N) is 1. The largest absolute Gasteiger partial charge is 0.330 e. The smallest absolute Gasteiger partial charge is 0.00205 e. The summed E-state index contributed by atoms with van der Waals surface area (Å²) in [5.41, 5.74) is 6.52. The van der Waals surface area contributed by atoms with E-state index in [-0.39, 0.29) is 0 Å². The summed E-state index contributed by atoms with van der Waals surface area (Å²) in [4.78, 5) is 0. The van der Waals surface area contributed by atoms with Crippen LogP contribution in [0.15, 0.2) is 0 Å². The summed E-state index contributed by atoms with van der Waals surface area (Å²) in [6.07, 6.45) is 9.64. The highest BCUT2D eigenvalue weighted by Gasteiger charge is 2.34. The number of hydrogen-bond acceptors (Lipinski definition) is 1. The Balaban J connectivity index is 2.43. The van der Waals surface area contributed by atoms with E-state index < -0.39 is 0 Å². The first kappa shape index (κ1) is 13.0. The van der Waals surface area contributed by atoms with Crippen LogP contribution < -0.4 is 5.73 Å². The molecule has 0 amide bonds. The summed E-state index contributed by atoms with van der Waals surface area (Å²) >= 11 is 0. The fourth-order valence-corrected chi connectivity index (χ4v) is 3.03. The standard InChI is InChI=1S/C14H29N/c1-4-5-8-14(11-15)9-6-13(7-10-14)12(2)3/h12-13H,4-11,15H2,1-3H3. The van der Waals surface area contributed by atoms with Gasteiger partial charge < -0.3 is 5.73 Å². The SMILES string of the molecule is CCCCC1(CN)CCC(C(C)C)CC1. The van der Waals surface area contributed by atoms with Gasteiger partial charge in [-0.05, 0) is 55.9 Å². The molecule has 1 fully saturated rings. The molecule has 0 aliphatic heterocycles. The maximum absolute atomic E-state index is 6.00. The molecule has 1 aliphatic carbocycles. The predicted molar refractivity (Wildman–Crippen MR) is 67.8 cm³/mol. The van der Waals surface area contributed by atoms with Gasteiger partial charge in [-0.25, -0.2) is 0 Å². The van der Waals surface area contributed by atoms with E-state index in [9.17, 15) is 0 Å². The Morgan fingerprint density at radius 2 is 1.87 bits per heavy atom. The van der Waals surface area contributed by atoms with Crippen LogP contribution in [-0.4, -0.2) is 6.54 Å². The molecular formula is C14H29N. The molecule has 0 unspecified atom stereocenters. The minimum atomic E-state index is 0.515. The van der Waals surface area contributed by atoms with Crippen molar-refractivity contribution in [1.82, 2.24) is 0 Å². The van der Waals surface area contributed by atoms with E-state index in [0.717, 1.165) is 18.4 Å². The summed E-state index contributed by atoms with van der Waals surface area (Å²) in [6, 6.07) is 0. The third-order valence-electron chi connectivity index (χ3n) is 4.53. The maximum Gasteiger partial charge on any atom is -0.00205 e. The molecule has 2 N–H and O–H groups in total. The lowest BCUT2D eigenvalue weighted by atomic mass is 9.66. The van der Waals surface area contributed by atoms with Crippen LogP contribution in [0.25, 0.3) is 0 Å². The van der Waals surface area contributed by atoms with Crippen LogP contribution in [0.4, 0.5) is 0 Å². The predicted octanol–water partition coefficient (Wildman–Crippen LogP) is 3.97. The highest BCUT2D eigenvalue weighted by atomic mass is 14.6. The highest BCUT2D eigenvalue weighted by molar-refractivity contribution is 4.87. The van der Waals surface area contributed by atoms with Crippen LogP contribution in [-0.2, 0) is 0 Å². The molecule has 0 aromatic rings. The zero-order valence-electron chi connectivity index (χ0n) is 10.9. The third kappa shape index (κ3) is 3.48. The van der Waals surface area contributed by atoms with Crippen molar-refractivity contribution in [3.05, 3.63) is 0 Å². The third-order valence-corrected chi connectivity index (χ3v) is 4.53. The number of rotatable bonds is 5. The Bertz CT molecular complexity index is 166. The van der Waals surface area contributed by atoms with E-state index in [1.54, 1.807) is 0 Å². The van der Waals surface area contributed by atoms with Crippen LogP contribution in [0.5, 0.6) is 0 Å². The van der Waals surface area contributed by atoms with Gasteiger partial charge in [-0.2, -0.15) is 0 Å². The molecule has 0 radical (unpaired) electrons.